The van der Waals surface area contributed by atoms with Crippen molar-refractivity contribution in [3.8, 4) is 0 Å². The van der Waals surface area contributed by atoms with Crippen molar-refractivity contribution in [2.24, 2.45) is 22.9 Å². The summed E-state index contributed by atoms with van der Waals surface area (Å²) in [6, 6.07) is 6.69. The summed E-state index contributed by atoms with van der Waals surface area (Å²) in [5.74, 6) is 0.839. The van der Waals surface area contributed by atoms with E-state index in [4.69, 9.17) is 33.0 Å². The molecule has 0 saturated carbocycles. The number of carbonyl (C=O) groups is 1. The Morgan fingerprint density at radius 2 is 1.26 bits per heavy atom. The van der Waals surface area contributed by atoms with Crippen LogP contribution in [0.3, 0.4) is 0 Å². The summed E-state index contributed by atoms with van der Waals surface area (Å²) in [4.78, 5) is 29.3. The van der Waals surface area contributed by atoms with Crippen molar-refractivity contribution in [1.82, 2.24) is 15.0 Å². The van der Waals surface area contributed by atoms with Crippen LogP contribution < -0.4 is 43.4 Å². The SMILES string of the molecule is N[C@@H]1C[C@H](N)CN(c2nc(Nc3ccc(NC(=O)CO)cc3)nc(N3C[C@H](N)C[C@H](N)C3)n2)C1. The van der Waals surface area contributed by atoms with Crippen LogP contribution in [0.2, 0.25) is 0 Å². The van der Waals surface area contributed by atoms with Crippen molar-refractivity contribution in [2.75, 3.05) is 53.2 Å². The van der Waals surface area contributed by atoms with Gasteiger partial charge in [0.25, 0.3) is 0 Å². The highest BCUT2D eigenvalue weighted by atomic mass is 16.3. The van der Waals surface area contributed by atoms with Crippen LogP contribution >= 0.6 is 0 Å². The Morgan fingerprint density at radius 1 is 0.824 bits per heavy atom. The fourth-order valence-electron chi connectivity index (χ4n) is 4.34. The smallest absolute Gasteiger partial charge is 0.250 e. The first-order chi connectivity index (χ1) is 16.3. The maximum atomic E-state index is 11.4. The van der Waals surface area contributed by atoms with E-state index in [9.17, 15) is 4.79 Å². The van der Waals surface area contributed by atoms with Crippen LogP contribution in [0.25, 0.3) is 0 Å². The summed E-state index contributed by atoms with van der Waals surface area (Å²) in [6.07, 6.45) is 1.49. The molecule has 2 aliphatic rings. The third-order valence-electron chi connectivity index (χ3n) is 5.78. The zero-order valence-electron chi connectivity index (χ0n) is 19.0. The number of anilines is 5. The normalized spacial score (nSPS) is 25.2. The van der Waals surface area contributed by atoms with Gasteiger partial charge in [-0.2, -0.15) is 15.0 Å². The van der Waals surface area contributed by atoms with Crippen LogP contribution in [0.15, 0.2) is 24.3 Å². The largest absolute Gasteiger partial charge is 0.387 e. The number of nitrogens with two attached hydrogens (primary N) is 4. The maximum Gasteiger partial charge on any atom is 0.250 e. The number of benzene rings is 1. The zero-order valence-corrected chi connectivity index (χ0v) is 19.0. The van der Waals surface area contributed by atoms with Crippen LogP contribution in [0, 0.1) is 0 Å². The van der Waals surface area contributed by atoms with Gasteiger partial charge < -0.3 is 48.5 Å². The van der Waals surface area contributed by atoms with Gasteiger partial charge in [0.1, 0.15) is 6.61 Å². The summed E-state index contributed by atoms with van der Waals surface area (Å²) >= 11 is 0. The third-order valence-corrected chi connectivity index (χ3v) is 5.78. The van der Waals surface area contributed by atoms with E-state index in [2.05, 4.69) is 20.6 Å². The number of piperidine rings is 2. The molecule has 4 atom stereocenters. The minimum absolute atomic E-state index is 0.0705. The molecule has 1 amide bonds. The molecule has 184 valence electrons. The van der Waals surface area contributed by atoms with Crippen molar-refractivity contribution < 1.29 is 9.90 Å². The molecule has 0 unspecified atom stereocenters. The number of aliphatic hydroxyl groups is 1. The first-order valence-corrected chi connectivity index (χ1v) is 11.3. The van der Waals surface area contributed by atoms with Gasteiger partial charge >= 0.3 is 0 Å². The molecule has 11 N–H and O–H groups in total. The summed E-state index contributed by atoms with van der Waals surface area (Å²) < 4.78 is 0. The Labute approximate surface area is 197 Å². The summed E-state index contributed by atoms with van der Waals surface area (Å²) in [6.45, 7) is 1.79. The van der Waals surface area contributed by atoms with Crippen molar-refractivity contribution in [3.63, 3.8) is 0 Å². The van der Waals surface area contributed by atoms with Gasteiger partial charge in [-0.25, -0.2) is 0 Å². The van der Waals surface area contributed by atoms with Gasteiger partial charge in [0.2, 0.25) is 23.8 Å². The molecular weight excluding hydrogens is 438 g/mol. The molecule has 2 saturated heterocycles. The van der Waals surface area contributed by atoms with E-state index in [0.29, 0.717) is 55.4 Å². The van der Waals surface area contributed by atoms with E-state index in [1.54, 1.807) is 24.3 Å². The van der Waals surface area contributed by atoms with E-state index in [1.807, 2.05) is 9.80 Å². The summed E-state index contributed by atoms with van der Waals surface area (Å²) in [5, 5.41) is 14.7. The van der Waals surface area contributed by atoms with Gasteiger partial charge in [0, 0.05) is 61.7 Å². The van der Waals surface area contributed by atoms with Crippen molar-refractivity contribution >= 4 is 35.1 Å². The van der Waals surface area contributed by atoms with Crippen molar-refractivity contribution in [2.45, 2.75) is 37.0 Å². The molecule has 0 bridgehead atoms. The number of nitrogens with zero attached hydrogens (tertiary/aromatic N) is 5. The predicted octanol–water partition coefficient (Wildman–Crippen LogP) is -1.72. The van der Waals surface area contributed by atoms with Gasteiger partial charge in [0.15, 0.2) is 0 Å². The molecule has 1 aromatic carbocycles. The molecular formula is C21H33N11O2. The number of aliphatic hydroxyl groups excluding tert-OH is 1. The fraction of sp³-hybridized carbons (Fsp3) is 0.524. The lowest BCUT2D eigenvalue weighted by molar-refractivity contribution is -0.118. The van der Waals surface area contributed by atoms with Crippen molar-refractivity contribution in [3.05, 3.63) is 24.3 Å². The molecule has 13 heteroatoms. The maximum absolute atomic E-state index is 11.4. The number of nitrogens with one attached hydrogen (secondary N) is 2. The zero-order chi connectivity index (χ0) is 24.2. The third kappa shape index (κ3) is 6.07. The predicted molar refractivity (Wildman–Crippen MR) is 131 cm³/mol. The number of hydrogen-bond donors (Lipinski definition) is 7. The van der Waals surface area contributed by atoms with E-state index in [-0.39, 0.29) is 24.2 Å². The standard InChI is InChI=1S/C21H33N11O2/c22-12-5-13(23)8-31(7-12)20-28-19(27-17-3-1-16(2-4-17)26-18(34)11-33)29-21(30-20)32-9-14(24)6-15(25)10-32/h1-4,12-15,33H,5-11,22-25H2,(H,26,34)(H,27,28,29,30)/t12-,13+,14-,15+. The highest BCUT2D eigenvalue weighted by Gasteiger charge is 2.28. The minimum Gasteiger partial charge on any atom is -0.387 e. The number of aromatic nitrogens is 3. The number of carbonyl (C=O) groups excluding carboxylic acids is 1. The number of rotatable bonds is 6. The van der Waals surface area contributed by atoms with Gasteiger partial charge in [-0.15, -0.1) is 0 Å². The molecule has 0 aliphatic carbocycles. The van der Waals surface area contributed by atoms with Crippen LogP contribution in [-0.2, 0) is 4.79 Å². The molecule has 34 heavy (non-hydrogen) atoms. The van der Waals surface area contributed by atoms with Crippen LogP contribution in [0.1, 0.15) is 12.8 Å². The first kappa shape index (κ1) is 24.0. The Morgan fingerprint density at radius 3 is 1.71 bits per heavy atom. The Hall–Kier alpha value is -3.10. The molecule has 0 spiro atoms. The second-order valence-corrected chi connectivity index (χ2v) is 8.99. The molecule has 0 radical (unpaired) electrons. The van der Waals surface area contributed by atoms with Gasteiger partial charge in [0.05, 0.1) is 0 Å². The number of amides is 1. The lowest BCUT2D eigenvalue weighted by atomic mass is 10.0. The number of hydrogen-bond acceptors (Lipinski definition) is 12. The van der Waals surface area contributed by atoms with Crippen molar-refractivity contribution in [1.29, 1.82) is 0 Å². The molecule has 4 rings (SSSR count). The van der Waals surface area contributed by atoms with Gasteiger partial charge in [-0.05, 0) is 37.1 Å². The van der Waals surface area contributed by atoms with E-state index in [1.165, 1.54) is 0 Å². The minimum atomic E-state index is -0.579. The second-order valence-electron chi connectivity index (χ2n) is 8.99. The van der Waals surface area contributed by atoms with Crippen LogP contribution in [0.4, 0.5) is 29.2 Å². The van der Waals surface area contributed by atoms with E-state index >= 15 is 0 Å². The lowest BCUT2D eigenvalue weighted by Crippen LogP contribution is -2.54. The van der Waals surface area contributed by atoms with Crippen LogP contribution in [-0.4, -0.2) is 82.9 Å². The molecule has 1 aromatic heterocycles. The lowest BCUT2D eigenvalue weighted by Gasteiger charge is -2.37. The quantitative estimate of drug-likeness (QED) is 0.251. The average Bonchev–Trinajstić information content (AvgIpc) is 2.79. The van der Waals surface area contributed by atoms with Crippen LogP contribution in [0.5, 0.6) is 0 Å². The Bertz CT molecular complexity index is 925. The fourth-order valence-corrected chi connectivity index (χ4v) is 4.34. The summed E-state index contributed by atoms with van der Waals surface area (Å²) in [7, 11) is 0. The average molecular weight is 472 g/mol. The first-order valence-electron chi connectivity index (χ1n) is 11.3. The highest BCUT2D eigenvalue weighted by molar-refractivity contribution is 5.91. The highest BCUT2D eigenvalue weighted by Crippen LogP contribution is 2.24. The van der Waals surface area contributed by atoms with Gasteiger partial charge in [-0.3, -0.25) is 4.79 Å². The van der Waals surface area contributed by atoms with Gasteiger partial charge in [-0.1, -0.05) is 0 Å². The molecule has 13 nitrogen and oxygen atoms in total. The second kappa shape index (κ2) is 10.4. The molecule has 2 aliphatic heterocycles. The monoisotopic (exact) mass is 471 g/mol. The Kier molecular flexibility index (Phi) is 7.38. The molecule has 3 heterocycles. The van der Waals surface area contributed by atoms with E-state index < -0.39 is 12.5 Å². The van der Waals surface area contributed by atoms with E-state index in [0.717, 1.165) is 12.8 Å². The molecule has 2 fully saturated rings. The Balaban J connectivity index is 1.61. The topological polar surface area (TPSA) is 211 Å². The summed E-state index contributed by atoms with van der Waals surface area (Å²) in [5.41, 5.74) is 26.0. The molecule has 2 aromatic rings.